The van der Waals surface area contributed by atoms with Crippen LogP contribution in [0.25, 0.3) is 10.2 Å². The SMILES string of the molecule is CN(Cc1ccc(C(C)(C)C)cc1)C(=O)CCc1nc2sc3c(c2c(=O)[nH]1)CCCC3. The highest BCUT2D eigenvalue weighted by molar-refractivity contribution is 7.18. The molecule has 1 aliphatic rings. The number of benzene rings is 1. The average molecular weight is 438 g/mol. The first kappa shape index (κ1) is 21.8. The molecule has 0 saturated heterocycles. The molecule has 1 aromatic carbocycles. The number of rotatable bonds is 5. The number of hydrogen-bond acceptors (Lipinski definition) is 4. The highest BCUT2D eigenvalue weighted by Gasteiger charge is 2.20. The first-order valence-corrected chi connectivity index (χ1v) is 11.9. The van der Waals surface area contributed by atoms with Crippen LogP contribution in [0.4, 0.5) is 0 Å². The lowest BCUT2D eigenvalue weighted by Crippen LogP contribution is -2.27. The molecule has 4 rings (SSSR count). The van der Waals surface area contributed by atoms with E-state index in [0.717, 1.165) is 35.0 Å². The summed E-state index contributed by atoms with van der Waals surface area (Å²) >= 11 is 1.65. The lowest BCUT2D eigenvalue weighted by molar-refractivity contribution is -0.130. The van der Waals surface area contributed by atoms with E-state index in [0.29, 0.717) is 25.2 Å². The average Bonchev–Trinajstić information content (AvgIpc) is 3.10. The predicted octanol–water partition coefficient (Wildman–Crippen LogP) is 4.75. The highest BCUT2D eigenvalue weighted by atomic mass is 32.1. The molecule has 6 heteroatoms. The molecule has 1 N–H and O–H groups in total. The van der Waals surface area contributed by atoms with E-state index < -0.39 is 0 Å². The van der Waals surface area contributed by atoms with Gasteiger partial charge in [0.05, 0.1) is 5.39 Å². The second-order valence-corrected chi connectivity index (χ2v) is 10.7. The van der Waals surface area contributed by atoms with E-state index in [1.165, 1.54) is 22.4 Å². The molecule has 0 fully saturated rings. The predicted molar refractivity (Wildman–Crippen MR) is 127 cm³/mol. The first-order valence-electron chi connectivity index (χ1n) is 11.1. The van der Waals surface area contributed by atoms with Gasteiger partial charge in [-0.15, -0.1) is 11.3 Å². The smallest absolute Gasteiger partial charge is 0.259 e. The zero-order valence-electron chi connectivity index (χ0n) is 18.9. The molecule has 3 aromatic rings. The molecule has 0 unspecified atom stereocenters. The minimum Gasteiger partial charge on any atom is -0.341 e. The fourth-order valence-electron chi connectivity index (χ4n) is 4.22. The van der Waals surface area contributed by atoms with Gasteiger partial charge in [0, 0.05) is 31.3 Å². The lowest BCUT2D eigenvalue weighted by Gasteiger charge is -2.21. The van der Waals surface area contributed by atoms with Gasteiger partial charge >= 0.3 is 0 Å². The van der Waals surface area contributed by atoms with Gasteiger partial charge in [0.15, 0.2) is 0 Å². The zero-order chi connectivity index (χ0) is 22.2. The summed E-state index contributed by atoms with van der Waals surface area (Å²) in [7, 11) is 1.83. The zero-order valence-corrected chi connectivity index (χ0v) is 19.7. The first-order chi connectivity index (χ1) is 14.7. The summed E-state index contributed by atoms with van der Waals surface area (Å²) in [5, 5.41) is 0.769. The summed E-state index contributed by atoms with van der Waals surface area (Å²) in [4.78, 5) is 36.8. The van der Waals surface area contributed by atoms with E-state index in [2.05, 4.69) is 55.0 Å². The Balaban J connectivity index is 1.40. The van der Waals surface area contributed by atoms with E-state index in [4.69, 9.17) is 0 Å². The normalized spacial score (nSPS) is 13.9. The van der Waals surface area contributed by atoms with Gasteiger partial charge < -0.3 is 9.88 Å². The number of nitrogens with zero attached hydrogens (tertiary/aromatic N) is 2. The summed E-state index contributed by atoms with van der Waals surface area (Å²) in [5.74, 6) is 0.653. The second kappa shape index (κ2) is 8.58. The van der Waals surface area contributed by atoms with Crippen LogP contribution < -0.4 is 5.56 Å². The third-order valence-corrected chi connectivity index (χ3v) is 7.30. The molecule has 1 aliphatic carbocycles. The Morgan fingerprint density at radius 2 is 1.87 bits per heavy atom. The Morgan fingerprint density at radius 1 is 1.16 bits per heavy atom. The highest BCUT2D eigenvalue weighted by Crippen LogP contribution is 2.33. The molecule has 0 saturated carbocycles. The van der Waals surface area contributed by atoms with Gasteiger partial charge in [-0.2, -0.15) is 0 Å². The summed E-state index contributed by atoms with van der Waals surface area (Å²) in [5.41, 5.74) is 3.65. The fraction of sp³-hybridized carbons (Fsp3) is 0.480. The van der Waals surface area contributed by atoms with E-state index in [1.54, 1.807) is 16.2 Å². The number of aromatic amines is 1. The molecular weight excluding hydrogens is 406 g/mol. The number of nitrogens with one attached hydrogen (secondary N) is 1. The fourth-order valence-corrected chi connectivity index (χ4v) is 5.50. The Labute approximate surface area is 187 Å². The van der Waals surface area contributed by atoms with Crippen molar-refractivity contribution in [1.29, 1.82) is 0 Å². The molecule has 164 valence electrons. The van der Waals surface area contributed by atoms with Gasteiger partial charge in [-0.05, 0) is 47.8 Å². The number of hydrogen-bond donors (Lipinski definition) is 1. The number of aromatic nitrogens is 2. The van der Waals surface area contributed by atoms with E-state index in [1.807, 2.05) is 7.05 Å². The molecule has 2 aromatic heterocycles. The van der Waals surface area contributed by atoms with Crippen LogP contribution in [0, 0.1) is 0 Å². The van der Waals surface area contributed by atoms with Crippen molar-refractivity contribution in [3.8, 4) is 0 Å². The van der Waals surface area contributed by atoms with E-state index in [9.17, 15) is 9.59 Å². The van der Waals surface area contributed by atoms with Gasteiger partial charge in [0.1, 0.15) is 10.7 Å². The third-order valence-electron chi connectivity index (χ3n) is 6.12. The van der Waals surface area contributed by atoms with Crippen molar-refractivity contribution in [2.45, 2.75) is 71.3 Å². The summed E-state index contributed by atoms with van der Waals surface area (Å²) in [6, 6.07) is 8.46. The number of carbonyl (C=O) groups is 1. The maximum Gasteiger partial charge on any atom is 0.259 e. The van der Waals surface area contributed by atoms with Gasteiger partial charge in [-0.3, -0.25) is 9.59 Å². The van der Waals surface area contributed by atoms with Crippen molar-refractivity contribution in [2.24, 2.45) is 0 Å². The molecular formula is C25H31N3O2S. The van der Waals surface area contributed by atoms with Crippen molar-refractivity contribution in [2.75, 3.05) is 7.05 Å². The van der Waals surface area contributed by atoms with Crippen LogP contribution in [-0.4, -0.2) is 27.8 Å². The van der Waals surface area contributed by atoms with Crippen LogP contribution in [0.5, 0.6) is 0 Å². The van der Waals surface area contributed by atoms with Crippen LogP contribution in [-0.2, 0) is 36.0 Å². The number of H-pyrrole nitrogens is 1. The van der Waals surface area contributed by atoms with Crippen molar-refractivity contribution in [3.05, 3.63) is 62.0 Å². The lowest BCUT2D eigenvalue weighted by atomic mass is 9.87. The number of fused-ring (bicyclic) bond motifs is 3. The van der Waals surface area contributed by atoms with Crippen LogP contribution in [0.3, 0.4) is 0 Å². The van der Waals surface area contributed by atoms with Gasteiger partial charge in [-0.25, -0.2) is 4.98 Å². The molecule has 5 nitrogen and oxygen atoms in total. The van der Waals surface area contributed by atoms with Crippen LogP contribution in [0.2, 0.25) is 0 Å². The maximum atomic E-state index is 12.7. The van der Waals surface area contributed by atoms with Gasteiger partial charge in [0.25, 0.3) is 5.56 Å². The van der Waals surface area contributed by atoms with Crippen LogP contribution in [0.15, 0.2) is 29.1 Å². The minimum atomic E-state index is -0.0564. The summed E-state index contributed by atoms with van der Waals surface area (Å²) in [6.45, 7) is 7.15. The van der Waals surface area contributed by atoms with Crippen molar-refractivity contribution in [1.82, 2.24) is 14.9 Å². The number of carbonyl (C=O) groups excluding carboxylic acids is 1. The molecule has 0 atom stereocenters. The van der Waals surface area contributed by atoms with Crippen molar-refractivity contribution in [3.63, 3.8) is 0 Å². The second-order valence-electron chi connectivity index (χ2n) is 9.60. The topological polar surface area (TPSA) is 66.1 Å². The van der Waals surface area contributed by atoms with Crippen molar-refractivity contribution < 1.29 is 4.79 Å². The molecule has 2 heterocycles. The molecule has 0 radical (unpaired) electrons. The number of aryl methyl sites for hydroxylation is 3. The molecule has 0 spiro atoms. The number of amides is 1. The quantitative estimate of drug-likeness (QED) is 0.626. The Hall–Kier alpha value is -2.47. The van der Waals surface area contributed by atoms with Crippen LogP contribution >= 0.6 is 11.3 Å². The van der Waals surface area contributed by atoms with E-state index in [-0.39, 0.29) is 16.9 Å². The third kappa shape index (κ3) is 4.74. The molecule has 31 heavy (non-hydrogen) atoms. The summed E-state index contributed by atoms with van der Waals surface area (Å²) in [6.07, 6.45) is 5.12. The number of thiophene rings is 1. The monoisotopic (exact) mass is 437 g/mol. The summed E-state index contributed by atoms with van der Waals surface area (Å²) < 4.78 is 0. The van der Waals surface area contributed by atoms with Crippen LogP contribution in [0.1, 0.15) is 67.4 Å². The molecule has 0 aliphatic heterocycles. The Kier molecular flexibility index (Phi) is 6.02. The van der Waals surface area contributed by atoms with Gasteiger partial charge in [0.2, 0.25) is 5.91 Å². The van der Waals surface area contributed by atoms with Crippen molar-refractivity contribution >= 4 is 27.5 Å². The standard InChI is InChI=1S/C25H31N3O2S/c1-25(2,3)17-11-9-16(10-12-17)15-28(4)21(29)14-13-20-26-23(30)22-18-7-5-6-8-19(18)31-24(22)27-20/h9-12H,5-8,13-15H2,1-4H3,(H,26,27,30). The Morgan fingerprint density at radius 3 is 2.58 bits per heavy atom. The minimum absolute atomic E-state index is 0.0492. The largest absolute Gasteiger partial charge is 0.341 e. The maximum absolute atomic E-state index is 12.7. The van der Waals surface area contributed by atoms with Gasteiger partial charge in [-0.1, -0.05) is 45.0 Å². The Bertz CT molecular complexity index is 1150. The molecule has 0 bridgehead atoms. The molecule has 1 amide bonds. The van der Waals surface area contributed by atoms with E-state index >= 15 is 0 Å².